The van der Waals surface area contributed by atoms with Crippen molar-refractivity contribution in [2.24, 2.45) is 0 Å². The Kier molecular flexibility index (Phi) is 11.4. The number of fused-ring (bicyclic) bond motifs is 23. The maximum atomic E-state index is 3.94. The number of nitrogens with one attached hydrogen (secondary N) is 4. The zero-order valence-corrected chi connectivity index (χ0v) is 48.4. The number of aromatic amines is 4. The molecule has 0 saturated heterocycles. The summed E-state index contributed by atoms with van der Waals surface area (Å²) >= 11 is 11.5. The van der Waals surface area contributed by atoms with Crippen molar-refractivity contribution >= 4 is 68.0 Å². The van der Waals surface area contributed by atoms with Gasteiger partial charge in [0.25, 0.3) is 0 Å². The third kappa shape index (κ3) is 7.97. The molecule has 10 aromatic rings. The average Bonchev–Trinajstić information content (AvgIpc) is 4.17. The van der Waals surface area contributed by atoms with Crippen molar-refractivity contribution in [3.8, 4) is 29.3 Å². The lowest BCUT2D eigenvalue weighted by molar-refractivity contribution is 0.573. The lowest BCUT2D eigenvalue weighted by Gasteiger charge is -2.26. The third-order valence-electron chi connectivity index (χ3n) is 16.2. The predicted octanol–water partition coefficient (Wildman–Crippen LogP) is 19.0. The van der Waals surface area contributed by atoms with E-state index in [-0.39, 0.29) is 37.9 Å². The van der Waals surface area contributed by atoms with Crippen molar-refractivity contribution in [3.63, 3.8) is 0 Å². The fourth-order valence-electron chi connectivity index (χ4n) is 10.3. The minimum absolute atomic E-state index is 0.187. The number of hydrogen-bond donors (Lipinski definition) is 4. The quantitative estimate of drug-likeness (QED) is 0.117. The molecule has 1 aliphatic rings. The van der Waals surface area contributed by atoms with Crippen molar-refractivity contribution in [3.05, 3.63) is 196 Å². The van der Waals surface area contributed by atoms with E-state index in [9.17, 15) is 0 Å². The van der Waals surface area contributed by atoms with Crippen molar-refractivity contribution < 1.29 is 0 Å². The summed E-state index contributed by atoms with van der Waals surface area (Å²) in [6, 6.07) is 46.4. The highest BCUT2D eigenvalue weighted by atomic mass is 32.1. The number of thiophene rings is 6. The van der Waals surface area contributed by atoms with Crippen molar-refractivity contribution in [2.45, 2.75) is 135 Å². The Morgan fingerprint density at radius 2 is 0.338 bits per heavy atom. The first-order valence-corrected chi connectivity index (χ1v) is 29.7. The van der Waals surface area contributed by atoms with Gasteiger partial charge in [-0.3, -0.25) is 0 Å². The molecule has 0 aliphatic carbocycles. The monoisotopic (exact) mass is 1050 g/mol. The van der Waals surface area contributed by atoms with Crippen LogP contribution in [0.3, 0.4) is 0 Å². The highest BCUT2D eigenvalue weighted by Crippen LogP contribution is 2.49. The van der Waals surface area contributed by atoms with Gasteiger partial charge in [0.05, 0.1) is 0 Å². The Morgan fingerprint density at radius 3 is 0.493 bits per heavy atom. The molecule has 0 saturated carbocycles. The van der Waals surface area contributed by atoms with Crippen LogP contribution in [-0.2, 0) is 37.9 Å². The molecule has 71 heavy (non-hydrogen) atoms. The second-order valence-electron chi connectivity index (χ2n) is 23.5. The first-order chi connectivity index (χ1) is 33.4. The minimum atomic E-state index is -0.259. The van der Waals surface area contributed by atoms with Gasteiger partial charge in [-0.1, -0.05) is 0 Å². The molecule has 10 aromatic heterocycles. The Labute approximate surface area is 444 Å². The molecular formula is C61H66N4S6. The molecule has 10 heteroatoms. The van der Waals surface area contributed by atoms with Crippen LogP contribution in [0.2, 0.25) is 0 Å². The minimum Gasteiger partial charge on any atom is -0.361 e. The number of H-pyrrole nitrogens is 4. The molecule has 0 atom stereocenters. The SMILES string of the molecule is CC1(C)c2ccc([nH]2)C(C)(C)c2ccc(s2)-c2ccc(s2)C(C)(C)c2ccc([nH]2)C(C)(C)c2ccc(s2)-c2ccc(s2)C(C)(C)c2ccc([nH]2)C(C)(C)c2ccc(s2)-c2ccc(s2)C(C)(C)c2ccc1[nH]2. The molecule has 4 N–H and O–H groups in total. The summed E-state index contributed by atoms with van der Waals surface area (Å²) in [4.78, 5) is 31.8. The van der Waals surface area contributed by atoms with Crippen LogP contribution in [0.5, 0.6) is 0 Å². The van der Waals surface area contributed by atoms with Crippen LogP contribution in [-0.4, -0.2) is 19.9 Å². The fourth-order valence-corrected chi connectivity index (χ4v) is 17.3. The first kappa shape index (κ1) is 48.6. The summed E-state index contributed by atoms with van der Waals surface area (Å²) in [7, 11) is 0. The molecule has 11 heterocycles. The summed E-state index contributed by atoms with van der Waals surface area (Å²) in [6.07, 6.45) is 0. The molecule has 0 amide bonds. The van der Waals surface area contributed by atoms with Gasteiger partial charge in [-0.25, -0.2) is 0 Å². The van der Waals surface area contributed by atoms with Crippen LogP contribution in [0.15, 0.2) is 121 Å². The first-order valence-electron chi connectivity index (χ1n) is 24.8. The molecule has 0 radical (unpaired) electrons. The van der Waals surface area contributed by atoms with Crippen LogP contribution in [0.4, 0.5) is 0 Å². The highest BCUT2D eigenvalue weighted by molar-refractivity contribution is 7.23. The zero-order chi connectivity index (χ0) is 50.3. The predicted molar refractivity (Wildman–Crippen MR) is 311 cm³/mol. The number of aromatic nitrogens is 4. The summed E-state index contributed by atoms with van der Waals surface area (Å²) < 4.78 is 0. The number of rotatable bonds is 0. The molecule has 0 fully saturated rings. The van der Waals surface area contributed by atoms with E-state index in [1.165, 1.54) is 104 Å². The van der Waals surface area contributed by atoms with Crippen molar-refractivity contribution in [2.75, 3.05) is 0 Å². The van der Waals surface area contributed by atoms with E-state index in [1.54, 1.807) is 0 Å². The van der Waals surface area contributed by atoms with Crippen molar-refractivity contribution in [1.82, 2.24) is 19.9 Å². The van der Waals surface area contributed by atoms with Crippen LogP contribution in [0.1, 0.15) is 172 Å². The summed E-state index contributed by atoms with van der Waals surface area (Å²) in [6.45, 7) is 32.9. The summed E-state index contributed by atoms with van der Waals surface area (Å²) in [5.41, 5.74) is 8.42. The largest absolute Gasteiger partial charge is 0.361 e. The van der Waals surface area contributed by atoms with E-state index in [0.717, 1.165) is 0 Å². The maximum Gasteiger partial charge on any atom is 0.0447 e. The van der Waals surface area contributed by atoms with Crippen molar-refractivity contribution in [1.29, 1.82) is 0 Å². The standard InChI is InChI=1S/C61H66N4S6/c1-55(2)41-21-23-43(62-41)56(3,4)49-29-15-35(66-49)37-17-31-51(68-37)58(7,8)45-25-27-47(64-45)60(11,12)53-33-19-39(70-53)40-20-34-54(71-40)61(13,14)48-28-26-46(65-48)59(9,10)52-32-18-38(69-52)36-16-30-50(67-36)57(5,6)44-24-22-42(55)63-44/h15-34,62-65H,1-14H3. The summed E-state index contributed by atoms with van der Waals surface area (Å²) in [5.74, 6) is 0. The van der Waals surface area contributed by atoms with Gasteiger partial charge in [0.15, 0.2) is 0 Å². The van der Waals surface area contributed by atoms with Crippen LogP contribution in [0.25, 0.3) is 29.3 Å². The Morgan fingerprint density at radius 1 is 0.197 bits per heavy atom. The molecular weight excluding hydrogens is 981 g/mol. The maximum absolute atomic E-state index is 3.94. The van der Waals surface area contributed by atoms with E-state index >= 15 is 0 Å². The van der Waals surface area contributed by atoms with Gasteiger partial charge in [-0.15, -0.1) is 68.0 Å². The zero-order valence-electron chi connectivity index (χ0n) is 43.5. The Hall–Kier alpha value is -4.68. The van der Waals surface area contributed by atoms with Gasteiger partial charge < -0.3 is 19.9 Å². The van der Waals surface area contributed by atoms with E-state index in [1.807, 2.05) is 68.0 Å². The normalized spacial score (nSPS) is 18.5. The average molecular weight is 1050 g/mol. The van der Waals surface area contributed by atoms with Crippen LogP contribution < -0.4 is 0 Å². The second kappa shape index (κ2) is 16.7. The van der Waals surface area contributed by atoms with Crippen LogP contribution >= 0.6 is 68.0 Å². The third-order valence-corrected chi connectivity index (χ3v) is 25.2. The van der Waals surface area contributed by atoms with E-state index in [4.69, 9.17) is 0 Å². The van der Waals surface area contributed by atoms with E-state index < -0.39 is 0 Å². The lowest BCUT2D eigenvalue weighted by atomic mass is 9.86. The molecule has 11 rings (SSSR count). The molecule has 20 bridgehead atoms. The Balaban J connectivity index is 0.959. The molecule has 0 aromatic carbocycles. The molecule has 1 aliphatic heterocycles. The molecule has 0 spiro atoms. The van der Waals surface area contributed by atoms with Gasteiger partial charge in [0.1, 0.15) is 0 Å². The van der Waals surface area contributed by atoms with E-state index in [0.29, 0.717) is 0 Å². The molecule has 366 valence electrons. The second-order valence-corrected chi connectivity index (χ2v) is 30.0. The summed E-state index contributed by atoms with van der Waals surface area (Å²) in [5, 5.41) is 0. The van der Waals surface area contributed by atoms with Gasteiger partial charge in [0.2, 0.25) is 0 Å². The van der Waals surface area contributed by atoms with Crippen LogP contribution in [0, 0.1) is 0 Å². The Bertz CT molecular complexity index is 3320. The fraction of sp³-hybridized carbons (Fsp3) is 0.344. The topological polar surface area (TPSA) is 63.2 Å². The smallest absolute Gasteiger partial charge is 0.0447 e. The van der Waals surface area contributed by atoms with Gasteiger partial charge >= 0.3 is 0 Å². The van der Waals surface area contributed by atoms with Gasteiger partial charge in [0, 0.05) is 142 Å². The van der Waals surface area contributed by atoms with Gasteiger partial charge in [-0.05, 0) is 218 Å². The van der Waals surface area contributed by atoms with E-state index in [2.05, 4.69) is 238 Å². The molecule has 4 nitrogen and oxygen atoms in total. The van der Waals surface area contributed by atoms with Gasteiger partial charge in [-0.2, -0.15) is 0 Å². The number of hydrogen-bond acceptors (Lipinski definition) is 6. The highest BCUT2D eigenvalue weighted by Gasteiger charge is 2.37. The molecule has 0 unspecified atom stereocenters. The lowest BCUT2D eigenvalue weighted by Crippen LogP contribution is -2.23.